The van der Waals surface area contributed by atoms with E-state index in [0.29, 0.717) is 11.5 Å². The van der Waals surface area contributed by atoms with E-state index in [1.807, 2.05) is 18.2 Å². The lowest BCUT2D eigenvalue weighted by Crippen LogP contribution is -2.49. The van der Waals surface area contributed by atoms with Crippen LogP contribution in [0.1, 0.15) is 50.4 Å². The van der Waals surface area contributed by atoms with Gasteiger partial charge in [0.05, 0.1) is 12.1 Å². The van der Waals surface area contributed by atoms with Crippen molar-refractivity contribution < 1.29 is 9.59 Å². The number of amides is 2. The van der Waals surface area contributed by atoms with Gasteiger partial charge < -0.3 is 10.6 Å². The van der Waals surface area contributed by atoms with Crippen LogP contribution in [0.2, 0.25) is 0 Å². The third-order valence-corrected chi connectivity index (χ3v) is 7.60. The standard InChI is InChI=1S/C19H25IN2O2/c1-18(2)12-8-9-19(18,3)15(10-12)22-16(23)11-21-17(24)13-6-4-5-7-14(13)20/h4-7,12,15H,8-11H2,1-3H3,(H,21,24)(H,22,23). The third-order valence-electron chi connectivity index (χ3n) is 6.66. The zero-order valence-corrected chi connectivity index (χ0v) is 16.6. The van der Waals surface area contributed by atoms with Crippen LogP contribution in [-0.4, -0.2) is 24.4 Å². The summed E-state index contributed by atoms with van der Waals surface area (Å²) in [5, 5.41) is 5.91. The largest absolute Gasteiger partial charge is 0.351 e. The van der Waals surface area contributed by atoms with E-state index in [1.165, 1.54) is 12.8 Å². The monoisotopic (exact) mass is 440 g/mol. The molecule has 3 atom stereocenters. The minimum atomic E-state index is -0.199. The Labute approximate surface area is 157 Å². The first-order valence-electron chi connectivity index (χ1n) is 8.58. The Hall–Kier alpha value is -1.11. The predicted octanol–water partition coefficient (Wildman–Crippen LogP) is 3.35. The molecule has 2 bridgehead atoms. The molecule has 3 unspecified atom stereocenters. The summed E-state index contributed by atoms with van der Waals surface area (Å²) in [4.78, 5) is 24.5. The van der Waals surface area contributed by atoms with Gasteiger partial charge in [0.15, 0.2) is 0 Å². The summed E-state index contributed by atoms with van der Waals surface area (Å²) in [7, 11) is 0. The predicted molar refractivity (Wildman–Crippen MR) is 103 cm³/mol. The molecule has 3 rings (SSSR count). The highest BCUT2D eigenvalue weighted by Crippen LogP contribution is 2.65. The third kappa shape index (κ3) is 2.85. The normalized spacial score (nSPS) is 30.2. The summed E-state index contributed by atoms with van der Waals surface area (Å²) in [6.45, 7) is 6.99. The SMILES string of the molecule is CC1(C)C2CCC1(C)C(NC(=O)CNC(=O)c1ccccc1I)C2. The fourth-order valence-corrected chi connectivity index (χ4v) is 5.20. The van der Waals surface area contributed by atoms with Crippen LogP contribution in [0.3, 0.4) is 0 Å². The van der Waals surface area contributed by atoms with Crippen molar-refractivity contribution in [2.24, 2.45) is 16.7 Å². The maximum atomic E-state index is 12.3. The Morgan fingerprint density at radius 1 is 1.25 bits per heavy atom. The topological polar surface area (TPSA) is 58.2 Å². The van der Waals surface area contributed by atoms with Crippen LogP contribution in [0.25, 0.3) is 0 Å². The molecule has 2 fully saturated rings. The summed E-state index contributed by atoms with van der Waals surface area (Å²) in [5.41, 5.74) is 1.04. The smallest absolute Gasteiger partial charge is 0.252 e. The zero-order valence-electron chi connectivity index (χ0n) is 14.5. The number of carbonyl (C=O) groups is 2. The molecule has 2 saturated carbocycles. The number of hydrogen-bond acceptors (Lipinski definition) is 2. The lowest BCUT2D eigenvalue weighted by molar-refractivity contribution is -0.121. The highest BCUT2D eigenvalue weighted by Gasteiger charge is 2.61. The molecule has 0 radical (unpaired) electrons. The Bertz CT molecular complexity index is 673. The number of halogens is 1. The Morgan fingerprint density at radius 3 is 2.54 bits per heavy atom. The first-order chi connectivity index (χ1) is 11.3. The Morgan fingerprint density at radius 2 is 1.96 bits per heavy atom. The number of carbonyl (C=O) groups excluding carboxylic acids is 2. The molecule has 2 aliphatic rings. The molecular formula is C19H25IN2O2. The average Bonchev–Trinajstić information content (AvgIpc) is 2.86. The van der Waals surface area contributed by atoms with Gasteiger partial charge in [0.1, 0.15) is 0 Å². The number of rotatable bonds is 4. The minimum absolute atomic E-state index is 0.0292. The van der Waals surface area contributed by atoms with E-state index in [1.54, 1.807) is 6.07 Å². The van der Waals surface area contributed by atoms with Crippen molar-refractivity contribution in [2.45, 2.75) is 46.1 Å². The molecule has 0 aliphatic heterocycles. The number of fused-ring (bicyclic) bond motifs is 2. The van der Waals surface area contributed by atoms with Crippen LogP contribution in [0.4, 0.5) is 0 Å². The summed E-state index contributed by atoms with van der Waals surface area (Å²) in [6, 6.07) is 7.59. The molecule has 4 nitrogen and oxygen atoms in total. The summed E-state index contributed by atoms with van der Waals surface area (Å²) in [5.74, 6) is 0.395. The van der Waals surface area contributed by atoms with Crippen molar-refractivity contribution in [3.05, 3.63) is 33.4 Å². The molecule has 0 spiro atoms. The number of benzene rings is 1. The van der Waals surface area contributed by atoms with Gasteiger partial charge in [-0.25, -0.2) is 0 Å². The molecule has 1 aromatic rings. The molecule has 24 heavy (non-hydrogen) atoms. The molecule has 1 aromatic carbocycles. The Kier molecular flexibility index (Phi) is 4.66. The van der Waals surface area contributed by atoms with Gasteiger partial charge in [-0.1, -0.05) is 32.9 Å². The van der Waals surface area contributed by atoms with Gasteiger partial charge >= 0.3 is 0 Å². The first-order valence-corrected chi connectivity index (χ1v) is 9.65. The fraction of sp³-hybridized carbons (Fsp3) is 0.579. The van der Waals surface area contributed by atoms with Gasteiger partial charge in [0, 0.05) is 9.61 Å². The van der Waals surface area contributed by atoms with Crippen molar-refractivity contribution >= 4 is 34.4 Å². The van der Waals surface area contributed by atoms with Gasteiger partial charge in [-0.05, 0) is 70.7 Å². The van der Waals surface area contributed by atoms with E-state index in [0.717, 1.165) is 9.99 Å². The maximum absolute atomic E-state index is 12.3. The second-order valence-corrected chi connectivity index (χ2v) is 9.06. The van der Waals surface area contributed by atoms with E-state index in [4.69, 9.17) is 0 Å². The van der Waals surface area contributed by atoms with Crippen molar-refractivity contribution in [3.8, 4) is 0 Å². The van der Waals surface area contributed by atoms with Gasteiger partial charge in [-0.15, -0.1) is 0 Å². The summed E-state index contributed by atoms with van der Waals surface area (Å²) < 4.78 is 0.885. The first kappa shape index (κ1) is 17.7. The van der Waals surface area contributed by atoms with E-state index in [9.17, 15) is 9.59 Å². The van der Waals surface area contributed by atoms with E-state index >= 15 is 0 Å². The molecule has 2 amide bonds. The van der Waals surface area contributed by atoms with Gasteiger partial charge in [0.2, 0.25) is 5.91 Å². The highest BCUT2D eigenvalue weighted by atomic mass is 127. The van der Waals surface area contributed by atoms with Crippen molar-refractivity contribution in [1.29, 1.82) is 0 Å². The highest BCUT2D eigenvalue weighted by molar-refractivity contribution is 14.1. The van der Waals surface area contributed by atoms with Gasteiger partial charge in [-0.2, -0.15) is 0 Å². The second kappa shape index (κ2) is 6.32. The molecule has 2 N–H and O–H groups in total. The van der Waals surface area contributed by atoms with Crippen LogP contribution < -0.4 is 10.6 Å². The molecule has 0 heterocycles. The van der Waals surface area contributed by atoms with Crippen molar-refractivity contribution in [1.82, 2.24) is 10.6 Å². The van der Waals surface area contributed by atoms with E-state index in [2.05, 4.69) is 54.0 Å². The molecule has 5 heteroatoms. The Balaban J connectivity index is 1.56. The van der Waals surface area contributed by atoms with Crippen LogP contribution >= 0.6 is 22.6 Å². The van der Waals surface area contributed by atoms with Gasteiger partial charge in [0.25, 0.3) is 5.91 Å². The lowest BCUT2D eigenvalue weighted by Gasteiger charge is -2.39. The average molecular weight is 440 g/mol. The van der Waals surface area contributed by atoms with Crippen LogP contribution in [0.5, 0.6) is 0 Å². The van der Waals surface area contributed by atoms with Crippen molar-refractivity contribution in [2.75, 3.05) is 6.54 Å². The van der Waals surface area contributed by atoms with Crippen LogP contribution in [-0.2, 0) is 4.79 Å². The van der Waals surface area contributed by atoms with Gasteiger partial charge in [-0.3, -0.25) is 9.59 Å². The van der Waals surface area contributed by atoms with E-state index < -0.39 is 0 Å². The fourth-order valence-electron chi connectivity index (χ4n) is 4.57. The lowest BCUT2D eigenvalue weighted by atomic mass is 9.69. The zero-order chi connectivity index (χ0) is 17.5. The molecule has 130 valence electrons. The minimum Gasteiger partial charge on any atom is -0.351 e. The summed E-state index contributed by atoms with van der Waals surface area (Å²) >= 11 is 2.13. The molecule has 0 aromatic heterocycles. The molecule has 2 aliphatic carbocycles. The summed E-state index contributed by atoms with van der Waals surface area (Å²) in [6.07, 6.45) is 3.49. The van der Waals surface area contributed by atoms with Crippen LogP contribution in [0.15, 0.2) is 24.3 Å². The van der Waals surface area contributed by atoms with Crippen molar-refractivity contribution in [3.63, 3.8) is 0 Å². The quantitative estimate of drug-likeness (QED) is 0.706. The second-order valence-electron chi connectivity index (χ2n) is 7.89. The number of nitrogens with one attached hydrogen (secondary N) is 2. The van der Waals surface area contributed by atoms with E-state index in [-0.39, 0.29) is 35.2 Å². The molecule has 0 saturated heterocycles. The maximum Gasteiger partial charge on any atom is 0.252 e. The molecular weight excluding hydrogens is 415 g/mol. The number of hydrogen-bond donors (Lipinski definition) is 2. The van der Waals surface area contributed by atoms with Crippen LogP contribution in [0, 0.1) is 20.3 Å².